The maximum absolute atomic E-state index is 9.79. The molecule has 1 fully saturated rings. The van der Waals surface area contributed by atoms with E-state index in [-0.39, 0.29) is 19.8 Å². The van der Waals surface area contributed by atoms with E-state index in [2.05, 4.69) is 0 Å². The molecule has 1 aliphatic rings. The van der Waals surface area contributed by atoms with E-state index in [0.29, 0.717) is 0 Å². The molecule has 1 heterocycles. The molecule has 0 aromatic carbocycles. The van der Waals surface area contributed by atoms with Gasteiger partial charge in [-0.05, 0) is 13.8 Å². The second-order valence-corrected chi connectivity index (χ2v) is 3.67. The van der Waals surface area contributed by atoms with Gasteiger partial charge >= 0.3 is 0 Å². The van der Waals surface area contributed by atoms with Gasteiger partial charge in [-0.2, -0.15) is 0 Å². The average Bonchev–Trinajstić information content (AvgIpc) is 2.08. The predicted molar refractivity (Wildman–Crippen MR) is 47.2 cm³/mol. The van der Waals surface area contributed by atoms with Crippen molar-refractivity contribution >= 4 is 0 Å². The zero-order valence-corrected chi connectivity index (χ0v) is 7.99. The maximum Gasteiger partial charge on any atom is 0.163 e. The van der Waals surface area contributed by atoms with Crippen LogP contribution in [0.25, 0.3) is 0 Å². The van der Waals surface area contributed by atoms with Gasteiger partial charge in [0.25, 0.3) is 0 Å². The standard InChI is InChI=1S/C9H16O4/c1-8(2)12-6-9(11,7-13-8)4-3-5-10/h3-4,10-11H,5-7H2,1-2H3/b4-3-. The van der Waals surface area contributed by atoms with Gasteiger partial charge in [0.15, 0.2) is 5.79 Å². The predicted octanol–water partition coefficient (Wildman–Crippen LogP) is 0.0489. The van der Waals surface area contributed by atoms with Gasteiger partial charge in [0.1, 0.15) is 5.60 Å². The molecule has 1 aliphatic heterocycles. The molecule has 4 heteroatoms. The molecule has 0 spiro atoms. The molecule has 0 saturated carbocycles. The number of hydrogen-bond acceptors (Lipinski definition) is 4. The van der Waals surface area contributed by atoms with Crippen LogP contribution in [-0.4, -0.2) is 41.4 Å². The Morgan fingerprint density at radius 2 is 1.85 bits per heavy atom. The van der Waals surface area contributed by atoms with Gasteiger partial charge in [-0.15, -0.1) is 0 Å². The molecule has 0 amide bonds. The number of aliphatic hydroxyl groups excluding tert-OH is 1. The lowest BCUT2D eigenvalue weighted by molar-refractivity contribution is -0.290. The summed E-state index contributed by atoms with van der Waals surface area (Å²) in [5, 5.41) is 18.3. The molecule has 13 heavy (non-hydrogen) atoms. The molecule has 0 aromatic rings. The van der Waals surface area contributed by atoms with Gasteiger partial charge in [-0.25, -0.2) is 0 Å². The Kier molecular flexibility index (Phi) is 3.08. The normalized spacial score (nSPS) is 26.5. The summed E-state index contributed by atoms with van der Waals surface area (Å²) in [7, 11) is 0. The lowest BCUT2D eigenvalue weighted by Gasteiger charge is -2.38. The summed E-state index contributed by atoms with van der Waals surface area (Å²) in [6.45, 7) is 3.88. The highest BCUT2D eigenvalue weighted by Gasteiger charge is 2.36. The quantitative estimate of drug-likeness (QED) is 0.601. The minimum Gasteiger partial charge on any atom is -0.392 e. The lowest BCUT2D eigenvalue weighted by atomic mass is 10.0. The summed E-state index contributed by atoms with van der Waals surface area (Å²) >= 11 is 0. The smallest absolute Gasteiger partial charge is 0.163 e. The number of ether oxygens (including phenoxy) is 2. The Hall–Kier alpha value is -0.420. The van der Waals surface area contributed by atoms with Crippen molar-refractivity contribution in [1.29, 1.82) is 0 Å². The van der Waals surface area contributed by atoms with Crippen LogP contribution in [0.15, 0.2) is 12.2 Å². The van der Waals surface area contributed by atoms with Crippen molar-refractivity contribution in [2.75, 3.05) is 19.8 Å². The fourth-order valence-electron chi connectivity index (χ4n) is 1.05. The zero-order valence-electron chi connectivity index (χ0n) is 7.99. The first kappa shape index (κ1) is 10.7. The molecule has 1 rings (SSSR count). The average molecular weight is 188 g/mol. The van der Waals surface area contributed by atoms with E-state index < -0.39 is 11.4 Å². The van der Waals surface area contributed by atoms with Gasteiger partial charge in [-0.3, -0.25) is 0 Å². The van der Waals surface area contributed by atoms with Crippen molar-refractivity contribution in [3.8, 4) is 0 Å². The molecule has 4 nitrogen and oxygen atoms in total. The third kappa shape index (κ3) is 3.08. The summed E-state index contributed by atoms with van der Waals surface area (Å²) in [5.41, 5.74) is -1.10. The second-order valence-electron chi connectivity index (χ2n) is 3.67. The Balaban J connectivity index is 2.51. The number of rotatable bonds is 2. The first-order valence-corrected chi connectivity index (χ1v) is 4.26. The first-order chi connectivity index (χ1) is 5.97. The first-order valence-electron chi connectivity index (χ1n) is 4.26. The van der Waals surface area contributed by atoms with Crippen LogP contribution in [0, 0.1) is 0 Å². The van der Waals surface area contributed by atoms with Crippen molar-refractivity contribution in [3.05, 3.63) is 12.2 Å². The molecule has 0 aliphatic carbocycles. The summed E-state index contributed by atoms with van der Waals surface area (Å²) in [6, 6.07) is 0. The van der Waals surface area contributed by atoms with E-state index in [4.69, 9.17) is 14.6 Å². The highest BCUT2D eigenvalue weighted by atomic mass is 16.7. The van der Waals surface area contributed by atoms with Crippen molar-refractivity contribution in [3.63, 3.8) is 0 Å². The van der Waals surface area contributed by atoms with Crippen molar-refractivity contribution < 1.29 is 19.7 Å². The van der Waals surface area contributed by atoms with Crippen LogP contribution in [0.1, 0.15) is 13.8 Å². The highest BCUT2D eigenvalue weighted by Crippen LogP contribution is 2.23. The Morgan fingerprint density at radius 1 is 1.31 bits per heavy atom. The summed E-state index contributed by atoms with van der Waals surface area (Å²) in [5.74, 6) is -0.626. The van der Waals surface area contributed by atoms with Crippen LogP contribution < -0.4 is 0 Å². The number of hydrogen-bond donors (Lipinski definition) is 2. The lowest BCUT2D eigenvalue weighted by Crippen LogP contribution is -2.50. The second kappa shape index (κ2) is 3.75. The Labute approximate surface area is 77.8 Å². The van der Waals surface area contributed by atoms with Crippen molar-refractivity contribution in [1.82, 2.24) is 0 Å². The molecular formula is C9H16O4. The molecule has 2 N–H and O–H groups in total. The van der Waals surface area contributed by atoms with Gasteiger partial charge in [0, 0.05) is 0 Å². The van der Waals surface area contributed by atoms with Crippen molar-refractivity contribution in [2.24, 2.45) is 0 Å². The van der Waals surface area contributed by atoms with Crippen LogP contribution in [0.5, 0.6) is 0 Å². The molecule has 76 valence electrons. The summed E-state index contributed by atoms with van der Waals surface area (Å²) in [4.78, 5) is 0. The van der Waals surface area contributed by atoms with Crippen LogP contribution in [0.3, 0.4) is 0 Å². The molecule has 0 radical (unpaired) electrons. The van der Waals surface area contributed by atoms with Gasteiger partial charge < -0.3 is 19.7 Å². The van der Waals surface area contributed by atoms with E-state index in [9.17, 15) is 5.11 Å². The van der Waals surface area contributed by atoms with Crippen LogP contribution in [-0.2, 0) is 9.47 Å². The van der Waals surface area contributed by atoms with E-state index in [1.54, 1.807) is 13.8 Å². The molecule has 0 bridgehead atoms. The monoisotopic (exact) mass is 188 g/mol. The topological polar surface area (TPSA) is 58.9 Å². The fraction of sp³-hybridized carbons (Fsp3) is 0.778. The zero-order chi connectivity index (χ0) is 9.95. The fourth-order valence-corrected chi connectivity index (χ4v) is 1.05. The third-order valence-corrected chi connectivity index (χ3v) is 1.87. The molecular weight excluding hydrogens is 172 g/mol. The summed E-state index contributed by atoms with van der Waals surface area (Å²) < 4.78 is 10.5. The van der Waals surface area contributed by atoms with Crippen LogP contribution in [0.2, 0.25) is 0 Å². The van der Waals surface area contributed by atoms with Crippen LogP contribution in [0.4, 0.5) is 0 Å². The molecule has 1 saturated heterocycles. The largest absolute Gasteiger partial charge is 0.392 e. The van der Waals surface area contributed by atoms with Crippen LogP contribution >= 0.6 is 0 Å². The SMILES string of the molecule is CC1(C)OCC(O)(/C=C\CO)CO1. The van der Waals surface area contributed by atoms with E-state index in [0.717, 1.165) is 0 Å². The Bertz CT molecular complexity index is 188. The van der Waals surface area contributed by atoms with Gasteiger partial charge in [-0.1, -0.05) is 12.2 Å². The maximum atomic E-state index is 9.79. The van der Waals surface area contributed by atoms with E-state index in [1.165, 1.54) is 12.2 Å². The van der Waals surface area contributed by atoms with E-state index in [1.807, 2.05) is 0 Å². The molecule has 0 atom stereocenters. The molecule has 0 unspecified atom stereocenters. The van der Waals surface area contributed by atoms with E-state index >= 15 is 0 Å². The van der Waals surface area contributed by atoms with Gasteiger partial charge in [0.05, 0.1) is 19.8 Å². The van der Waals surface area contributed by atoms with Crippen molar-refractivity contribution in [2.45, 2.75) is 25.2 Å². The third-order valence-electron chi connectivity index (χ3n) is 1.87. The number of aliphatic hydroxyl groups is 2. The minimum absolute atomic E-state index is 0.0916. The Morgan fingerprint density at radius 3 is 2.31 bits per heavy atom. The summed E-state index contributed by atoms with van der Waals surface area (Å²) in [6.07, 6.45) is 2.98. The minimum atomic E-state index is -1.10. The highest BCUT2D eigenvalue weighted by molar-refractivity contribution is 5.02. The molecule has 0 aromatic heterocycles. The van der Waals surface area contributed by atoms with Gasteiger partial charge in [0.2, 0.25) is 0 Å².